The van der Waals surface area contributed by atoms with Gasteiger partial charge in [0.25, 0.3) is 0 Å². The number of carbonyl (C=O) groups excluding carboxylic acids is 1. The lowest BCUT2D eigenvalue weighted by Gasteiger charge is -2.12. The molecule has 1 aromatic carbocycles. The molecule has 0 aliphatic rings. The molecule has 6 nitrogen and oxygen atoms in total. The second kappa shape index (κ2) is 5.47. The monoisotopic (exact) mass is 366 g/mol. The number of H-pyrrole nitrogens is 2. The zero-order chi connectivity index (χ0) is 15.0. The predicted octanol–water partition coefficient (Wildman–Crippen LogP) is 2.32. The highest BCUT2D eigenvalue weighted by molar-refractivity contribution is 9.10. The Kier molecular flexibility index (Phi) is 3.66. The van der Waals surface area contributed by atoms with Crippen molar-refractivity contribution < 1.29 is 4.79 Å². The van der Waals surface area contributed by atoms with Crippen LogP contribution in [0.5, 0.6) is 0 Å². The van der Waals surface area contributed by atoms with Gasteiger partial charge in [0, 0.05) is 9.35 Å². The Labute approximate surface area is 131 Å². The van der Waals surface area contributed by atoms with Gasteiger partial charge in [0.15, 0.2) is 0 Å². The highest BCUT2D eigenvalue weighted by atomic mass is 79.9. The molecule has 0 saturated carbocycles. The Bertz CT molecular complexity index is 853. The van der Waals surface area contributed by atoms with Crippen molar-refractivity contribution in [3.8, 4) is 0 Å². The number of nitrogens with two attached hydrogens (primary N) is 1. The quantitative estimate of drug-likeness (QED) is 0.571. The van der Waals surface area contributed by atoms with Crippen molar-refractivity contribution in [1.29, 1.82) is 0 Å². The van der Waals surface area contributed by atoms with Gasteiger partial charge < -0.3 is 21.0 Å². The number of aromatic nitrogens is 2. The molecule has 0 aliphatic heterocycles. The van der Waals surface area contributed by atoms with E-state index < -0.39 is 6.04 Å². The van der Waals surface area contributed by atoms with E-state index in [0.29, 0.717) is 21.2 Å². The normalized spacial score (nSPS) is 12.5. The third-order valence-corrected chi connectivity index (χ3v) is 4.61. The molecule has 0 aliphatic carbocycles. The number of carbonyl (C=O) groups is 1. The average Bonchev–Trinajstić information content (AvgIpc) is 3.06. The third kappa shape index (κ3) is 2.78. The number of rotatable bonds is 3. The van der Waals surface area contributed by atoms with Crippen LogP contribution >= 0.6 is 27.3 Å². The molecule has 2 heterocycles. The molecule has 3 rings (SSSR count). The molecule has 8 heteroatoms. The van der Waals surface area contributed by atoms with Crippen molar-refractivity contribution in [1.82, 2.24) is 9.97 Å². The van der Waals surface area contributed by atoms with Crippen molar-refractivity contribution in [2.24, 2.45) is 5.73 Å². The molecule has 1 atom stereocenters. The summed E-state index contributed by atoms with van der Waals surface area (Å²) < 4.78 is 0.664. The topological polar surface area (TPSA) is 104 Å². The highest BCUT2D eigenvalue weighted by Gasteiger charge is 2.18. The molecule has 3 aromatic rings. The summed E-state index contributed by atoms with van der Waals surface area (Å²) in [6.45, 7) is 0. The summed E-state index contributed by atoms with van der Waals surface area (Å²) in [6, 6.07) is 6.34. The predicted molar refractivity (Wildman–Crippen MR) is 86.5 cm³/mol. The largest absolute Gasteiger partial charge is 0.323 e. The van der Waals surface area contributed by atoms with E-state index in [2.05, 4.69) is 31.2 Å². The third-order valence-electron chi connectivity index (χ3n) is 2.99. The highest BCUT2D eigenvalue weighted by Crippen LogP contribution is 2.27. The van der Waals surface area contributed by atoms with E-state index in [9.17, 15) is 9.59 Å². The molecule has 0 spiro atoms. The molecule has 5 N–H and O–H groups in total. The minimum Gasteiger partial charge on any atom is -0.323 e. The number of thiophene rings is 1. The van der Waals surface area contributed by atoms with Crippen LogP contribution in [0.25, 0.3) is 11.0 Å². The summed E-state index contributed by atoms with van der Waals surface area (Å²) in [4.78, 5) is 29.5. The number of fused-ring (bicyclic) bond motifs is 1. The number of nitrogens with one attached hydrogen (secondary N) is 3. The lowest BCUT2D eigenvalue weighted by molar-refractivity contribution is -0.117. The first-order chi connectivity index (χ1) is 10.0. The fourth-order valence-electron chi connectivity index (χ4n) is 1.96. The Balaban J connectivity index is 1.88. The summed E-state index contributed by atoms with van der Waals surface area (Å²) in [7, 11) is 0. The molecular formula is C13H11BrN4O2S. The first-order valence-corrected chi connectivity index (χ1v) is 7.73. The number of amides is 1. The van der Waals surface area contributed by atoms with Gasteiger partial charge in [-0.1, -0.05) is 6.07 Å². The smallest absolute Gasteiger partial charge is 0.323 e. The first-order valence-electron chi connectivity index (χ1n) is 6.06. The van der Waals surface area contributed by atoms with Crippen molar-refractivity contribution >= 4 is 49.9 Å². The lowest BCUT2D eigenvalue weighted by Crippen LogP contribution is -2.27. The molecule has 1 amide bonds. The molecule has 0 bridgehead atoms. The van der Waals surface area contributed by atoms with Gasteiger partial charge in [-0.25, -0.2) is 4.79 Å². The van der Waals surface area contributed by atoms with Crippen LogP contribution in [0.1, 0.15) is 10.9 Å². The Morgan fingerprint density at radius 2 is 2.05 bits per heavy atom. The average molecular weight is 367 g/mol. The van der Waals surface area contributed by atoms with Crippen LogP contribution in [0, 0.1) is 0 Å². The van der Waals surface area contributed by atoms with Crippen molar-refractivity contribution in [3.63, 3.8) is 0 Å². The number of hydrogen-bond acceptors (Lipinski definition) is 4. The molecule has 2 aromatic heterocycles. The van der Waals surface area contributed by atoms with Gasteiger partial charge in [-0.3, -0.25) is 4.79 Å². The maximum atomic E-state index is 12.2. The van der Waals surface area contributed by atoms with Crippen LogP contribution in [0.3, 0.4) is 0 Å². The Morgan fingerprint density at radius 3 is 2.71 bits per heavy atom. The molecule has 0 radical (unpaired) electrons. The minimum atomic E-state index is -0.724. The SMILES string of the molecule is NC(C(=O)Nc1cc2[nH]c(=O)[nH]c2cc1Br)c1cccs1. The van der Waals surface area contributed by atoms with Gasteiger partial charge in [0.05, 0.1) is 16.7 Å². The van der Waals surface area contributed by atoms with E-state index in [4.69, 9.17) is 5.73 Å². The second-order valence-corrected chi connectivity index (χ2v) is 6.27. The number of imidazole rings is 1. The maximum absolute atomic E-state index is 12.2. The van der Waals surface area contributed by atoms with Crippen LogP contribution in [0.4, 0.5) is 5.69 Å². The van der Waals surface area contributed by atoms with Gasteiger partial charge in [0.2, 0.25) is 5.91 Å². The van der Waals surface area contributed by atoms with E-state index in [-0.39, 0.29) is 11.6 Å². The van der Waals surface area contributed by atoms with Crippen LogP contribution in [0.2, 0.25) is 0 Å². The summed E-state index contributed by atoms with van der Waals surface area (Å²) in [5.41, 5.74) is 7.45. The van der Waals surface area contributed by atoms with E-state index >= 15 is 0 Å². The van der Waals surface area contributed by atoms with Crippen LogP contribution in [-0.2, 0) is 4.79 Å². The molecule has 21 heavy (non-hydrogen) atoms. The standard InChI is InChI=1S/C13H11BrN4O2S/c14-6-4-8-9(18-13(20)17-8)5-7(6)16-12(19)11(15)10-2-1-3-21-10/h1-5,11H,15H2,(H,16,19)(H2,17,18,20). The first kappa shape index (κ1) is 14.1. The zero-order valence-electron chi connectivity index (χ0n) is 10.6. The lowest BCUT2D eigenvalue weighted by atomic mass is 10.2. The summed E-state index contributed by atoms with van der Waals surface area (Å²) >= 11 is 4.79. The molecular weight excluding hydrogens is 356 g/mol. The minimum absolute atomic E-state index is 0.296. The van der Waals surface area contributed by atoms with E-state index in [1.165, 1.54) is 11.3 Å². The Morgan fingerprint density at radius 1 is 1.33 bits per heavy atom. The van der Waals surface area contributed by atoms with Gasteiger partial charge in [-0.15, -0.1) is 11.3 Å². The molecule has 108 valence electrons. The number of hydrogen-bond donors (Lipinski definition) is 4. The van der Waals surface area contributed by atoms with Crippen molar-refractivity contribution in [2.45, 2.75) is 6.04 Å². The van der Waals surface area contributed by atoms with Gasteiger partial charge >= 0.3 is 5.69 Å². The molecule has 0 fully saturated rings. The number of halogens is 1. The Hall–Kier alpha value is -1.90. The maximum Gasteiger partial charge on any atom is 0.323 e. The molecule has 1 unspecified atom stereocenters. The fourth-order valence-corrected chi connectivity index (χ4v) is 3.13. The van der Waals surface area contributed by atoms with Crippen LogP contribution < -0.4 is 16.7 Å². The van der Waals surface area contributed by atoms with E-state index in [1.807, 2.05) is 17.5 Å². The number of benzene rings is 1. The van der Waals surface area contributed by atoms with Crippen molar-refractivity contribution in [2.75, 3.05) is 5.32 Å². The van der Waals surface area contributed by atoms with Gasteiger partial charge in [-0.2, -0.15) is 0 Å². The fraction of sp³-hybridized carbons (Fsp3) is 0.0769. The van der Waals surface area contributed by atoms with E-state index in [0.717, 1.165) is 4.88 Å². The second-order valence-electron chi connectivity index (χ2n) is 4.44. The van der Waals surface area contributed by atoms with Gasteiger partial charge in [0.1, 0.15) is 6.04 Å². The number of anilines is 1. The van der Waals surface area contributed by atoms with Gasteiger partial charge in [-0.05, 0) is 39.5 Å². The van der Waals surface area contributed by atoms with Crippen molar-refractivity contribution in [3.05, 3.63) is 49.5 Å². The van der Waals surface area contributed by atoms with Crippen LogP contribution in [-0.4, -0.2) is 15.9 Å². The van der Waals surface area contributed by atoms with Crippen LogP contribution in [0.15, 0.2) is 38.9 Å². The summed E-state index contributed by atoms with van der Waals surface area (Å²) in [5, 5.41) is 4.63. The summed E-state index contributed by atoms with van der Waals surface area (Å²) in [6.07, 6.45) is 0. The zero-order valence-corrected chi connectivity index (χ0v) is 13.0. The summed E-state index contributed by atoms with van der Waals surface area (Å²) in [5.74, 6) is -0.310. The number of aromatic amines is 2. The molecule has 0 saturated heterocycles. The van der Waals surface area contributed by atoms with E-state index in [1.54, 1.807) is 12.1 Å².